The molecule has 1 aliphatic rings. The first-order valence-electron chi connectivity index (χ1n) is 6.79. The average molecular weight is 335 g/mol. The summed E-state index contributed by atoms with van der Waals surface area (Å²) in [7, 11) is -3.70. The van der Waals surface area contributed by atoms with Gasteiger partial charge in [0.05, 0.1) is 11.3 Å². The third-order valence-electron chi connectivity index (χ3n) is 3.30. The molecule has 1 aliphatic carbocycles. The molecule has 1 fully saturated rings. The van der Waals surface area contributed by atoms with Gasteiger partial charge in [0.15, 0.2) is 9.84 Å². The molecule has 0 aromatic heterocycles. The normalized spacial score (nSPS) is 15.6. The molecule has 0 bridgehead atoms. The summed E-state index contributed by atoms with van der Waals surface area (Å²) < 4.78 is 61.0. The Bertz CT molecular complexity index is 634. The van der Waals surface area contributed by atoms with Crippen molar-refractivity contribution in [1.82, 2.24) is 5.32 Å². The SMILES string of the molecule is O=C(CS(=O)(=O)Cc1ccc(C(F)(F)F)cc1)NCC1CC1. The molecular weight excluding hydrogens is 319 g/mol. The van der Waals surface area contributed by atoms with Gasteiger partial charge in [-0.1, -0.05) is 12.1 Å². The summed E-state index contributed by atoms with van der Waals surface area (Å²) >= 11 is 0. The lowest BCUT2D eigenvalue weighted by atomic mass is 10.1. The quantitative estimate of drug-likeness (QED) is 0.866. The first kappa shape index (κ1) is 16.8. The van der Waals surface area contributed by atoms with Gasteiger partial charge in [-0.05, 0) is 36.5 Å². The second kappa shape index (κ2) is 6.28. The van der Waals surface area contributed by atoms with E-state index in [0.29, 0.717) is 12.5 Å². The fourth-order valence-electron chi connectivity index (χ4n) is 1.93. The van der Waals surface area contributed by atoms with Crippen molar-refractivity contribution in [2.45, 2.75) is 24.8 Å². The van der Waals surface area contributed by atoms with Crippen molar-refractivity contribution in [2.24, 2.45) is 5.92 Å². The molecule has 0 aliphatic heterocycles. The van der Waals surface area contributed by atoms with Crippen molar-refractivity contribution in [3.8, 4) is 0 Å². The number of sulfone groups is 1. The Balaban J connectivity index is 1.91. The zero-order valence-electron chi connectivity index (χ0n) is 11.7. The zero-order valence-corrected chi connectivity index (χ0v) is 12.5. The molecule has 8 heteroatoms. The standard InChI is InChI=1S/C14H16F3NO3S/c15-14(16,17)12-5-3-11(4-6-12)8-22(20,21)9-13(19)18-7-10-1-2-10/h3-6,10H,1-2,7-9H2,(H,18,19). The monoisotopic (exact) mass is 335 g/mol. The van der Waals surface area contributed by atoms with Gasteiger partial charge in [-0.3, -0.25) is 4.79 Å². The minimum atomic E-state index is -4.46. The molecule has 122 valence electrons. The van der Waals surface area contributed by atoms with Crippen LogP contribution in [0.2, 0.25) is 0 Å². The van der Waals surface area contributed by atoms with Gasteiger partial charge in [0.1, 0.15) is 5.75 Å². The van der Waals surface area contributed by atoms with E-state index in [1.807, 2.05) is 0 Å². The second-order valence-corrected chi connectivity index (χ2v) is 7.54. The van der Waals surface area contributed by atoms with E-state index in [2.05, 4.69) is 5.32 Å². The lowest BCUT2D eigenvalue weighted by Gasteiger charge is -2.08. The number of benzene rings is 1. The number of hydrogen-bond acceptors (Lipinski definition) is 3. The molecule has 0 atom stereocenters. The van der Waals surface area contributed by atoms with Gasteiger partial charge in [-0.25, -0.2) is 8.42 Å². The Morgan fingerprint density at radius 2 is 1.77 bits per heavy atom. The minimum absolute atomic E-state index is 0.225. The largest absolute Gasteiger partial charge is 0.416 e. The summed E-state index contributed by atoms with van der Waals surface area (Å²) in [5, 5.41) is 2.55. The van der Waals surface area contributed by atoms with Crippen LogP contribution in [0, 0.1) is 5.92 Å². The highest BCUT2D eigenvalue weighted by Crippen LogP contribution is 2.29. The highest BCUT2D eigenvalue weighted by atomic mass is 32.2. The second-order valence-electron chi connectivity index (χ2n) is 5.47. The third-order valence-corrected chi connectivity index (χ3v) is 4.78. The Labute approximate surface area is 126 Å². The van der Waals surface area contributed by atoms with Crippen LogP contribution in [0.3, 0.4) is 0 Å². The van der Waals surface area contributed by atoms with Gasteiger partial charge >= 0.3 is 6.18 Å². The summed E-state index contributed by atoms with van der Waals surface area (Å²) in [5.74, 6) is -1.23. The Hall–Kier alpha value is -1.57. The smallest absolute Gasteiger partial charge is 0.355 e. The molecule has 0 spiro atoms. The molecule has 4 nitrogen and oxygen atoms in total. The zero-order chi connectivity index (χ0) is 16.4. The maximum atomic E-state index is 12.4. The number of amides is 1. The summed E-state index contributed by atoms with van der Waals surface area (Å²) in [4.78, 5) is 11.5. The van der Waals surface area contributed by atoms with Gasteiger partial charge in [-0.2, -0.15) is 13.2 Å². The molecule has 22 heavy (non-hydrogen) atoms. The van der Waals surface area contributed by atoms with E-state index in [1.54, 1.807) is 0 Å². The topological polar surface area (TPSA) is 63.2 Å². The first-order valence-corrected chi connectivity index (χ1v) is 8.61. The van der Waals surface area contributed by atoms with Gasteiger partial charge < -0.3 is 5.32 Å². The Morgan fingerprint density at radius 1 is 1.18 bits per heavy atom. The van der Waals surface area contributed by atoms with Crippen LogP contribution in [0.25, 0.3) is 0 Å². The lowest BCUT2D eigenvalue weighted by Crippen LogP contribution is -2.32. The fourth-order valence-corrected chi connectivity index (χ4v) is 3.23. The predicted molar refractivity (Wildman–Crippen MR) is 74.7 cm³/mol. The summed E-state index contributed by atoms with van der Waals surface area (Å²) in [6.45, 7) is 0.481. The number of rotatable bonds is 6. The molecule has 1 N–H and O–H groups in total. The van der Waals surface area contributed by atoms with Gasteiger partial charge in [0, 0.05) is 6.54 Å². The maximum Gasteiger partial charge on any atom is 0.416 e. The number of hydrogen-bond donors (Lipinski definition) is 1. The molecule has 1 aromatic rings. The van der Waals surface area contributed by atoms with Crippen LogP contribution in [0.15, 0.2) is 24.3 Å². The Morgan fingerprint density at radius 3 is 2.27 bits per heavy atom. The van der Waals surface area contributed by atoms with Gasteiger partial charge in [0.2, 0.25) is 5.91 Å². The van der Waals surface area contributed by atoms with E-state index in [0.717, 1.165) is 37.1 Å². The van der Waals surface area contributed by atoms with Crippen LogP contribution in [-0.4, -0.2) is 26.6 Å². The van der Waals surface area contributed by atoms with Gasteiger partial charge in [0.25, 0.3) is 0 Å². The molecule has 0 radical (unpaired) electrons. The number of nitrogens with one attached hydrogen (secondary N) is 1. The number of carbonyl (C=O) groups excluding carboxylic acids is 1. The van der Waals surface area contributed by atoms with Crippen molar-refractivity contribution in [2.75, 3.05) is 12.3 Å². The van der Waals surface area contributed by atoms with E-state index in [-0.39, 0.29) is 5.56 Å². The molecule has 0 unspecified atom stereocenters. The Kier molecular flexibility index (Phi) is 4.79. The van der Waals surface area contributed by atoms with Crippen molar-refractivity contribution in [3.05, 3.63) is 35.4 Å². The van der Waals surface area contributed by atoms with Crippen LogP contribution < -0.4 is 5.32 Å². The molecule has 1 saturated carbocycles. The molecular formula is C14H16F3NO3S. The number of halogens is 3. The van der Waals surface area contributed by atoms with Crippen LogP contribution in [-0.2, 0) is 26.6 Å². The van der Waals surface area contributed by atoms with E-state index < -0.39 is 39.0 Å². The molecule has 0 saturated heterocycles. The van der Waals surface area contributed by atoms with E-state index in [4.69, 9.17) is 0 Å². The summed E-state index contributed by atoms with van der Waals surface area (Å²) in [5.41, 5.74) is -0.612. The summed E-state index contributed by atoms with van der Waals surface area (Å²) in [6, 6.07) is 3.89. The fraction of sp³-hybridized carbons (Fsp3) is 0.500. The highest BCUT2D eigenvalue weighted by molar-refractivity contribution is 7.91. The van der Waals surface area contributed by atoms with Crippen molar-refractivity contribution >= 4 is 15.7 Å². The van der Waals surface area contributed by atoms with Crippen LogP contribution in [0.1, 0.15) is 24.0 Å². The van der Waals surface area contributed by atoms with Crippen LogP contribution >= 0.6 is 0 Å². The number of alkyl halides is 3. The molecule has 1 amide bonds. The van der Waals surface area contributed by atoms with E-state index >= 15 is 0 Å². The van der Waals surface area contributed by atoms with E-state index in [9.17, 15) is 26.4 Å². The first-order chi connectivity index (χ1) is 10.2. The predicted octanol–water partition coefficient (Wildman–Crippen LogP) is 2.15. The van der Waals surface area contributed by atoms with Gasteiger partial charge in [-0.15, -0.1) is 0 Å². The molecule has 2 rings (SSSR count). The maximum absolute atomic E-state index is 12.4. The van der Waals surface area contributed by atoms with Crippen molar-refractivity contribution in [1.29, 1.82) is 0 Å². The van der Waals surface area contributed by atoms with Crippen molar-refractivity contribution < 1.29 is 26.4 Å². The molecule has 0 heterocycles. The highest BCUT2D eigenvalue weighted by Gasteiger charge is 2.30. The minimum Gasteiger partial charge on any atom is -0.355 e. The third kappa shape index (κ3) is 5.32. The number of carbonyl (C=O) groups is 1. The van der Waals surface area contributed by atoms with E-state index in [1.165, 1.54) is 0 Å². The summed E-state index contributed by atoms with van der Waals surface area (Å²) in [6.07, 6.45) is -2.38. The lowest BCUT2D eigenvalue weighted by molar-refractivity contribution is -0.137. The van der Waals surface area contributed by atoms with Crippen molar-refractivity contribution in [3.63, 3.8) is 0 Å². The molecule has 1 aromatic carbocycles. The van der Waals surface area contributed by atoms with Crippen LogP contribution in [0.4, 0.5) is 13.2 Å². The van der Waals surface area contributed by atoms with Crippen LogP contribution in [0.5, 0.6) is 0 Å². The average Bonchev–Trinajstić information content (AvgIpc) is 3.18.